The first-order valence-electron chi connectivity index (χ1n) is 9.18. The molecular weight excluding hydrogens is 314 g/mol. The van der Waals surface area contributed by atoms with Crippen LogP contribution in [0.2, 0.25) is 0 Å². The van der Waals surface area contributed by atoms with Crippen LogP contribution in [0.25, 0.3) is 0 Å². The lowest BCUT2D eigenvalue weighted by Gasteiger charge is -2.47. The van der Waals surface area contributed by atoms with Crippen LogP contribution in [-0.4, -0.2) is 52.2 Å². The number of hydrogen-bond donors (Lipinski definition) is 3. The van der Waals surface area contributed by atoms with Gasteiger partial charge in [0.2, 0.25) is 5.91 Å². The summed E-state index contributed by atoms with van der Waals surface area (Å²) in [6.07, 6.45) is 1.67. The van der Waals surface area contributed by atoms with E-state index in [2.05, 4.69) is 43.1 Å². The van der Waals surface area contributed by atoms with E-state index in [1.165, 1.54) is 5.56 Å². The number of aliphatic hydroxyl groups is 1. The van der Waals surface area contributed by atoms with E-state index < -0.39 is 12.1 Å². The van der Waals surface area contributed by atoms with Crippen molar-refractivity contribution in [3.8, 4) is 0 Å². The summed E-state index contributed by atoms with van der Waals surface area (Å²) in [5.74, 6) is -0.268. The van der Waals surface area contributed by atoms with Crippen molar-refractivity contribution in [2.75, 3.05) is 13.1 Å². The Morgan fingerprint density at radius 2 is 1.84 bits per heavy atom. The van der Waals surface area contributed by atoms with Crippen LogP contribution in [-0.2, 0) is 11.2 Å². The van der Waals surface area contributed by atoms with Crippen molar-refractivity contribution in [3.63, 3.8) is 0 Å². The predicted molar refractivity (Wildman–Crippen MR) is 101 cm³/mol. The van der Waals surface area contributed by atoms with Gasteiger partial charge >= 0.3 is 0 Å². The van der Waals surface area contributed by atoms with Gasteiger partial charge in [0, 0.05) is 24.2 Å². The Labute approximate surface area is 151 Å². The van der Waals surface area contributed by atoms with Gasteiger partial charge < -0.3 is 16.2 Å². The van der Waals surface area contributed by atoms with Crippen molar-refractivity contribution in [3.05, 3.63) is 35.9 Å². The molecule has 2 rings (SSSR count). The third-order valence-electron chi connectivity index (χ3n) is 5.27. The van der Waals surface area contributed by atoms with E-state index in [-0.39, 0.29) is 17.0 Å². The summed E-state index contributed by atoms with van der Waals surface area (Å²) in [7, 11) is 0. The molecule has 5 nitrogen and oxygen atoms in total. The second-order valence-electron chi connectivity index (χ2n) is 8.36. The summed E-state index contributed by atoms with van der Waals surface area (Å²) in [6.45, 7) is 10.1. The summed E-state index contributed by atoms with van der Waals surface area (Å²) in [5.41, 5.74) is 6.87. The van der Waals surface area contributed by atoms with Gasteiger partial charge in [-0.1, -0.05) is 30.3 Å². The number of carbonyl (C=O) groups excluding carboxylic acids is 1. The molecule has 1 aliphatic rings. The fraction of sp³-hybridized carbons (Fsp3) is 0.650. The highest BCUT2D eigenvalue weighted by Gasteiger charge is 2.39. The molecule has 1 heterocycles. The minimum Gasteiger partial charge on any atom is -0.391 e. The van der Waals surface area contributed by atoms with Crippen molar-refractivity contribution in [1.29, 1.82) is 0 Å². The molecule has 1 fully saturated rings. The Morgan fingerprint density at radius 3 is 2.32 bits per heavy atom. The van der Waals surface area contributed by atoms with Crippen LogP contribution in [0.3, 0.4) is 0 Å². The van der Waals surface area contributed by atoms with E-state index in [1.54, 1.807) is 6.92 Å². The maximum absolute atomic E-state index is 12.5. The van der Waals surface area contributed by atoms with Gasteiger partial charge in [0.1, 0.15) is 6.04 Å². The lowest BCUT2D eigenvalue weighted by atomic mass is 9.80. The number of piperidine rings is 1. The number of benzene rings is 1. The monoisotopic (exact) mass is 347 g/mol. The van der Waals surface area contributed by atoms with Crippen LogP contribution in [0.15, 0.2) is 30.3 Å². The molecule has 0 radical (unpaired) electrons. The molecule has 0 saturated carbocycles. The molecular formula is C20H33N3O2. The van der Waals surface area contributed by atoms with Crippen molar-refractivity contribution < 1.29 is 9.90 Å². The summed E-state index contributed by atoms with van der Waals surface area (Å²) in [5, 5.41) is 12.8. The number of nitrogens with two attached hydrogens (primary N) is 1. The van der Waals surface area contributed by atoms with Crippen molar-refractivity contribution in [1.82, 2.24) is 10.2 Å². The minimum atomic E-state index is -0.895. The molecule has 1 aliphatic heterocycles. The van der Waals surface area contributed by atoms with E-state index >= 15 is 0 Å². The van der Waals surface area contributed by atoms with Gasteiger partial charge in [-0.25, -0.2) is 0 Å². The molecule has 0 bridgehead atoms. The van der Waals surface area contributed by atoms with Gasteiger partial charge in [-0.3, -0.25) is 9.69 Å². The van der Waals surface area contributed by atoms with Crippen LogP contribution in [0.1, 0.15) is 46.1 Å². The second kappa shape index (κ2) is 7.85. The SMILES string of the molecule is CC(O)C(N)C(=O)NC1(Cc2ccccc2)CCN(C(C)(C)C)CC1. The van der Waals surface area contributed by atoms with Crippen LogP contribution in [0.4, 0.5) is 0 Å². The number of likely N-dealkylation sites (tertiary alicyclic amines) is 1. The third kappa shape index (κ3) is 5.27. The molecule has 0 spiro atoms. The van der Waals surface area contributed by atoms with E-state index in [1.807, 2.05) is 18.2 Å². The van der Waals surface area contributed by atoms with Crippen LogP contribution in [0.5, 0.6) is 0 Å². The zero-order chi connectivity index (χ0) is 18.7. The molecule has 2 unspecified atom stereocenters. The molecule has 0 aromatic heterocycles. The summed E-state index contributed by atoms with van der Waals surface area (Å²) >= 11 is 0. The van der Waals surface area contributed by atoms with E-state index in [0.29, 0.717) is 0 Å². The Morgan fingerprint density at radius 1 is 1.28 bits per heavy atom. The van der Waals surface area contributed by atoms with E-state index in [9.17, 15) is 9.90 Å². The number of carbonyl (C=O) groups is 1. The Balaban J connectivity index is 2.16. The average molecular weight is 348 g/mol. The third-order valence-corrected chi connectivity index (χ3v) is 5.27. The predicted octanol–water partition coefficient (Wildman–Crippen LogP) is 1.69. The standard InChI is InChI=1S/C20H33N3O2/c1-15(24)17(21)18(25)22-20(14-16-8-6-5-7-9-16)10-12-23(13-11-20)19(2,3)4/h5-9,15,17,24H,10-14,21H2,1-4H3,(H,22,25). The molecule has 1 saturated heterocycles. The van der Waals surface area contributed by atoms with Gasteiger partial charge in [0.05, 0.1) is 6.10 Å². The Bertz CT molecular complexity index is 558. The molecule has 140 valence electrons. The zero-order valence-corrected chi connectivity index (χ0v) is 16.0. The molecule has 1 aromatic rings. The Hall–Kier alpha value is -1.43. The molecule has 1 amide bonds. The number of nitrogens with zero attached hydrogens (tertiary/aromatic N) is 1. The van der Waals surface area contributed by atoms with Crippen LogP contribution >= 0.6 is 0 Å². The quantitative estimate of drug-likeness (QED) is 0.757. The van der Waals surface area contributed by atoms with Crippen LogP contribution < -0.4 is 11.1 Å². The zero-order valence-electron chi connectivity index (χ0n) is 16.0. The highest BCUT2D eigenvalue weighted by Crippen LogP contribution is 2.30. The van der Waals surface area contributed by atoms with Crippen LogP contribution in [0, 0.1) is 0 Å². The molecule has 25 heavy (non-hydrogen) atoms. The van der Waals surface area contributed by atoms with Gasteiger partial charge in [-0.15, -0.1) is 0 Å². The first-order valence-corrected chi connectivity index (χ1v) is 9.18. The van der Waals surface area contributed by atoms with Gasteiger partial charge in [-0.2, -0.15) is 0 Å². The maximum atomic E-state index is 12.5. The van der Waals surface area contributed by atoms with Crippen molar-refractivity contribution in [2.45, 2.75) is 70.2 Å². The molecule has 1 aromatic carbocycles. The number of nitrogens with one attached hydrogen (secondary N) is 1. The summed E-state index contributed by atoms with van der Waals surface area (Å²) < 4.78 is 0. The van der Waals surface area contributed by atoms with Gasteiger partial charge in [0.25, 0.3) is 0 Å². The number of rotatable bonds is 5. The smallest absolute Gasteiger partial charge is 0.240 e. The highest BCUT2D eigenvalue weighted by atomic mass is 16.3. The number of hydrogen-bond acceptors (Lipinski definition) is 4. The van der Waals surface area contributed by atoms with E-state index in [0.717, 1.165) is 32.4 Å². The Kier molecular flexibility index (Phi) is 6.25. The fourth-order valence-electron chi connectivity index (χ4n) is 3.50. The largest absolute Gasteiger partial charge is 0.391 e. The lowest BCUT2D eigenvalue weighted by Crippen LogP contribution is -2.62. The van der Waals surface area contributed by atoms with Crippen molar-refractivity contribution in [2.24, 2.45) is 5.73 Å². The second-order valence-corrected chi connectivity index (χ2v) is 8.36. The van der Waals surface area contributed by atoms with E-state index in [4.69, 9.17) is 5.73 Å². The lowest BCUT2D eigenvalue weighted by molar-refractivity contribution is -0.127. The topological polar surface area (TPSA) is 78.6 Å². The summed E-state index contributed by atoms with van der Waals surface area (Å²) in [4.78, 5) is 15.0. The summed E-state index contributed by atoms with van der Waals surface area (Å²) in [6, 6.07) is 9.35. The fourth-order valence-corrected chi connectivity index (χ4v) is 3.50. The van der Waals surface area contributed by atoms with Crippen molar-refractivity contribution >= 4 is 5.91 Å². The maximum Gasteiger partial charge on any atom is 0.240 e. The molecule has 5 heteroatoms. The minimum absolute atomic E-state index is 0.124. The van der Waals surface area contributed by atoms with Gasteiger partial charge in [0.15, 0.2) is 0 Å². The number of amides is 1. The number of aliphatic hydroxyl groups excluding tert-OH is 1. The molecule has 2 atom stereocenters. The first-order chi connectivity index (χ1) is 11.6. The highest BCUT2D eigenvalue weighted by molar-refractivity contribution is 5.82. The normalized spacial score (nSPS) is 20.7. The molecule has 4 N–H and O–H groups in total. The first kappa shape index (κ1) is 19.9. The average Bonchev–Trinajstić information content (AvgIpc) is 2.54. The molecule has 0 aliphatic carbocycles. The van der Waals surface area contributed by atoms with Gasteiger partial charge in [-0.05, 0) is 52.5 Å².